The van der Waals surface area contributed by atoms with Crippen LogP contribution in [0.3, 0.4) is 0 Å². The smallest absolute Gasteiger partial charge is 0.253 e. The van der Waals surface area contributed by atoms with E-state index in [2.05, 4.69) is 21.9 Å². The predicted octanol–water partition coefficient (Wildman–Crippen LogP) is 4.04. The van der Waals surface area contributed by atoms with Gasteiger partial charge >= 0.3 is 0 Å². The van der Waals surface area contributed by atoms with Gasteiger partial charge in [0.1, 0.15) is 11.6 Å². The van der Waals surface area contributed by atoms with Gasteiger partial charge in [-0.2, -0.15) is 0 Å². The number of piperazine rings is 1. The summed E-state index contributed by atoms with van der Waals surface area (Å²) in [6.45, 7) is 7.22. The number of likely N-dealkylation sites (tertiary alicyclic amines) is 1. The van der Waals surface area contributed by atoms with Gasteiger partial charge in [0.15, 0.2) is 0 Å². The zero-order valence-corrected chi connectivity index (χ0v) is 18.1. The van der Waals surface area contributed by atoms with Crippen LogP contribution < -0.4 is 9.64 Å². The number of carbonyl (C=O) groups excluding carboxylic acids is 1. The van der Waals surface area contributed by atoms with Gasteiger partial charge in [0.25, 0.3) is 5.91 Å². The Kier molecular flexibility index (Phi) is 7.41. The Morgan fingerprint density at radius 3 is 2.19 bits per heavy atom. The maximum Gasteiger partial charge on any atom is 0.253 e. The Bertz CT molecular complexity index is 827. The quantitative estimate of drug-likeness (QED) is 0.628. The fraction of sp³-hybridized carbons (Fsp3) is 0.480. The Morgan fingerprint density at radius 1 is 0.839 bits per heavy atom. The lowest BCUT2D eigenvalue weighted by molar-refractivity contribution is 0.0746. The van der Waals surface area contributed by atoms with Crippen LogP contribution in [-0.4, -0.2) is 68.1 Å². The van der Waals surface area contributed by atoms with Crippen LogP contribution >= 0.6 is 0 Å². The van der Waals surface area contributed by atoms with Crippen molar-refractivity contribution in [2.24, 2.45) is 0 Å². The minimum atomic E-state index is -0.323. The van der Waals surface area contributed by atoms with E-state index in [4.69, 9.17) is 4.74 Å². The third-order valence-corrected chi connectivity index (χ3v) is 6.20. The van der Waals surface area contributed by atoms with Gasteiger partial charge in [0.2, 0.25) is 0 Å². The average Bonchev–Trinajstić information content (AvgIpc) is 2.83. The van der Waals surface area contributed by atoms with Gasteiger partial charge < -0.3 is 19.4 Å². The first-order valence-corrected chi connectivity index (χ1v) is 11.4. The van der Waals surface area contributed by atoms with E-state index in [-0.39, 0.29) is 11.7 Å². The molecule has 31 heavy (non-hydrogen) atoms. The van der Waals surface area contributed by atoms with Crippen molar-refractivity contribution in [1.29, 1.82) is 0 Å². The van der Waals surface area contributed by atoms with Crippen LogP contribution in [0, 0.1) is 5.82 Å². The molecule has 0 unspecified atom stereocenters. The van der Waals surface area contributed by atoms with E-state index in [0.29, 0.717) is 18.7 Å². The minimum absolute atomic E-state index is 0.0343. The highest BCUT2D eigenvalue weighted by Crippen LogP contribution is 2.21. The van der Waals surface area contributed by atoms with Crippen molar-refractivity contribution >= 4 is 11.6 Å². The molecule has 0 aromatic heterocycles. The molecule has 1 amide bonds. The maximum atomic E-state index is 13.1. The number of halogens is 1. The molecule has 5 nitrogen and oxygen atoms in total. The van der Waals surface area contributed by atoms with Gasteiger partial charge in [0, 0.05) is 44.0 Å². The summed E-state index contributed by atoms with van der Waals surface area (Å²) >= 11 is 0. The Balaban J connectivity index is 1.20. The third kappa shape index (κ3) is 5.97. The lowest BCUT2D eigenvalue weighted by atomic mass is 10.1. The van der Waals surface area contributed by atoms with Crippen LogP contribution in [0.15, 0.2) is 48.5 Å². The zero-order chi connectivity index (χ0) is 21.5. The molecule has 166 valence electrons. The summed E-state index contributed by atoms with van der Waals surface area (Å²) in [5.41, 5.74) is 1.69. The molecular weight excluding hydrogens is 393 g/mol. The lowest BCUT2D eigenvalue weighted by Crippen LogP contribution is -2.48. The molecule has 0 saturated carbocycles. The van der Waals surface area contributed by atoms with Gasteiger partial charge in [-0.15, -0.1) is 0 Å². The fourth-order valence-electron chi connectivity index (χ4n) is 4.36. The van der Waals surface area contributed by atoms with Crippen LogP contribution in [0.1, 0.15) is 36.0 Å². The summed E-state index contributed by atoms with van der Waals surface area (Å²) in [5.74, 6) is 0.552. The number of hydrogen-bond acceptors (Lipinski definition) is 4. The molecule has 6 heteroatoms. The Labute approximate surface area is 184 Å². The summed E-state index contributed by atoms with van der Waals surface area (Å²) in [6.07, 6.45) is 5.10. The second-order valence-electron chi connectivity index (χ2n) is 8.38. The molecule has 0 spiro atoms. The normalized spacial score (nSPS) is 17.6. The number of carbonyl (C=O) groups is 1. The third-order valence-electron chi connectivity index (χ3n) is 6.20. The molecule has 0 radical (unpaired) electrons. The predicted molar refractivity (Wildman–Crippen MR) is 121 cm³/mol. The first-order valence-electron chi connectivity index (χ1n) is 11.4. The van der Waals surface area contributed by atoms with Crippen molar-refractivity contribution < 1.29 is 13.9 Å². The number of piperidine rings is 1. The number of hydrogen-bond donors (Lipinski definition) is 0. The summed E-state index contributed by atoms with van der Waals surface area (Å²) in [7, 11) is 0. The van der Waals surface area contributed by atoms with Gasteiger partial charge in [-0.05, 0) is 80.9 Å². The van der Waals surface area contributed by atoms with Crippen LogP contribution in [0.4, 0.5) is 10.1 Å². The van der Waals surface area contributed by atoms with Crippen molar-refractivity contribution in [2.45, 2.75) is 25.7 Å². The molecule has 0 aliphatic carbocycles. The Morgan fingerprint density at radius 2 is 1.52 bits per heavy atom. The standard InChI is InChI=1S/C25H32FN3O2/c26-22-7-5-21(6-8-22)25(30)29-18-16-28(17-19-29)23-9-11-24(12-10-23)31-20-4-15-27-13-2-1-3-14-27/h5-12H,1-4,13-20H2. The molecule has 2 heterocycles. The second kappa shape index (κ2) is 10.6. The molecule has 0 atom stereocenters. The number of nitrogens with zero attached hydrogens (tertiary/aromatic N) is 3. The van der Waals surface area contributed by atoms with E-state index >= 15 is 0 Å². The molecule has 2 aliphatic heterocycles. The summed E-state index contributed by atoms with van der Waals surface area (Å²) in [4.78, 5) is 19.3. The first-order chi connectivity index (χ1) is 15.2. The maximum absolute atomic E-state index is 13.1. The molecule has 0 bridgehead atoms. The Hall–Kier alpha value is -2.60. The SMILES string of the molecule is O=C(c1ccc(F)cc1)N1CCN(c2ccc(OCCCN3CCCCC3)cc2)CC1. The molecule has 2 saturated heterocycles. The number of benzene rings is 2. The van der Waals surface area contributed by atoms with Crippen LogP contribution in [-0.2, 0) is 0 Å². The lowest BCUT2D eigenvalue weighted by Gasteiger charge is -2.36. The molecule has 2 aromatic rings. The van der Waals surface area contributed by atoms with E-state index in [9.17, 15) is 9.18 Å². The molecular formula is C25H32FN3O2. The minimum Gasteiger partial charge on any atom is -0.494 e. The van der Waals surface area contributed by atoms with Gasteiger partial charge in [0.05, 0.1) is 6.61 Å². The zero-order valence-electron chi connectivity index (χ0n) is 18.1. The van der Waals surface area contributed by atoms with E-state index in [1.807, 2.05) is 17.0 Å². The molecule has 2 aliphatic rings. The van der Waals surface area contributed by atoms with Gasteiger partial charge in [-0.1, -0.05) is 6.42 Å². The number of ether oxygens (including phenoxy) is 1. The number of anilines is 1. The molecule has 4 rings (SSSR count). The first kappa shape index (κ1) is 21.6. The van der Waals surface area contributed by atoms with E-state index in [0.717, 1.165) is 44.1 Å². The fourth-order valence-corrected chi connectivity index (χ4v) is 4.36. The van der Waals surface area contributed by atoms with Crippen molar-refractivity contribution in [3.63, 3.8) is 0 Å². The summed E-state index contributed by atoms with van der Waals surface area (Å²) in [6, 6.07) is 14.0. The molecule has 2 fully saturated rings. The van der Waals surface area contributed by atoms with Crippen LogP contribution in [0.5, 0.6) is 5.75 Å². The van der Waals surface area contributed by atoms with Crippen molar-refractivity contribution in [2.75, 3.05) is 57.3 Å². The van der Waals surface area contributed by atoms with E-state index in [1.54, 1.807) is 12.1 Å². The van der Waals surface area contributed by atoms with Crippen molar-refractivity contribution in [1.82, 2.24) is 9.80 Å². The van der Waals surface area contributed by atoms with Crippen molar-refractivity contribution in [3.8, 4) is 5.75 Å². The summed E-state index contributed by atoms with van der Waals surface area (Å²) in [5, 5.41) is 0. The van der Waals surface area contributed by atoms with Gasteiger partial charge in [-0.25, -0.2) is 4.39 Å². The van der Waals surface area contributed by atoms with E-state index < -0.39 is 0 Å². The largest absolute Gasteiger partial charge is 0.494 e. The molecule has 2 aromatic carbocycles. The topological polar surface area (TPSA) is 36.0 Å². The second-order valence-corrected chi connectivity index (χ2v) is 8.38. The monoisotopic (exact) mass is 425 g/mol. The summed E-state index contributed by atoms with van der Waals surface area (Å²) < 4.78 is 19.0. The van der Waals surface area contributed by atoms with Crippen LogP contribution in [0.2, 0.25) is 0 Å². The van der Waals surface area contributed by atoms with Crippen LogP contribution in [0.25, 0.3) is 0 Å². The average molecular weight is 426 g/mol. The number of amides is 1. The highest BCUT2D eigenvalue weighted by molar-refractivity contribution is 5.94. The van der Waals surface area contributed by atoms with Gasteiger partial charge in [-0.3, -0.25) is 4.79 Å². The molecule has 0 N–H and O–H groups in total. The number of rotatable bonds is 7. The van der Waals surface area contributed by atoms with Crippen molar-refractivity contribution in [3.05, 3.63) is 59.9 Å². The highest BCUT2D eigenvalue weighted by atomic mass is 19.1. The van der Waals surface area contributed by atoms with E-state index in [1.165, 1.54) is 44.5 Å². The highest BCUT2D eigenvalue weighted by Gasteiger charge is 2.22.